The summed E-state index contributed by atoms with van der Waals surface area (Å²) in [5.74, 6) is 1.32. The lowest BCUT2D eigenvalue weighted by atomic mass is 10.1. The summed E-state index contributed by atoms with van der Waals surface area (Å²) < 4.78 is 5.23. The minimum atomic E-state index is 0.412. The molecule has 2 aromatic heterocycles. The Hall–Kier alpha value is -3.33. The zero-order valence-electron chi connectivity index (χ0n) is 11.7. The molecule has 0 spiro atoms. The third-order valence-corrected chi connectivity index (χ3v) is 3.00. The Morgan fingerprint density at radius 2 is 2.27 bits per heavy atom. The van der Waals surface area contributed by atoms with Gasteiger partial charge in [0, 0.05) is 12.4 Å². The lowest BCUT2D eigenvalue weighted by Gasteiger charge is -2.16. The van der Waals surface area contributed by atoms with Crippen molar-refractivity contribution in [2.24, 2.45) is 4.99 Å². The summed E-state index contributed by atoms with van der Waals surface area (Å²) in [5, 5.41) is 15.5. The molecule has 0 unspecified atom stereocenters. The number of guanidine groups is 1. The second kappa shape index (κ2) is 6.41. The molecule has 0 saturated heterocycles. The summed E-state index contributed by atoms with van der Waals surface area (Å²) in [6.45, 7) is 0.412. The fourth-order valence-electron chi connectivity index (χ4n) is 1.97. The number of aromatic nitrogens is 1. The molecule has 22 heavy (non-hydrogen) atoms. The van der Waals surface area contributed by atoms with Gasteiger partial charge in [0.15, 0.2) is 5.96 Å². The van der Waals surface area contributed by atoms with Gasteiger partial charge in [-0.3, -0.25) is 4.98 Å². The first-order valence-corrected chi connectivity index (χ1v) is 6.69. The molecule has 1 aliphatic heterocycles. The predicted molar refractivity (Wildman–Crippen MR) is 82.0 cm³/mol. The van der Waals surface area contributed by atoms with Crippen molar-refractivity contribution in [3.63, 3.8) is 0 Å². The van der Waals surface area contributed by atoms with Crippen LogP contribution in [-0.2, 0) is 6.54 Å². The molecule has 0 atom stereocenters. The van der Waals surface area contributed by atoms with Gasteiger partial charge in [0.25, 0.3) is 0 Å². The van der Waals surface area contributed by atoms with E-state index in [2.05, 4.69) is 26.7 Å². The largest absolute Gasteiger partial charge is 0.467 e. The summed E-state index contributed by atoms with van der Waals surface area (Å²) in [4.78, 5) is 8.58. The van der Waals surface area contributed by atoms with E-state index < -0.39 is 0 Å². The van der Waals surface area contributed by atoms with Crippen LogP contribution in [-0.4, -0.2) is 10.9 Å². The second-order valence-electron chi connectivity index (χ2n) is 4.46. The first-order valence-electron chi connectivity index (χ1n) is 6.69. The maximum Gasteiger partial charge on any atom is 0.200 e. The highest BCUT2D eigenvalue weighted by atomic mass is 16.3. The van der Waals surface area contributed by atoms with Crippen LogP contribution in [0.2, 0.25) is 0 Å². The first-order chi connectivity index (χ1) is 10.9. The topological polar surface area (TPSA) is 86.2 Å². The Kier molecular flexibility index (Phi) is 3.98. The van der Waals surface area contributed by atoms with Gasteiger partial charge in [-0.25, -0.2) is 4.99 Å². The van der Waals surface area contributed by atoms with E-state index in [-0.39, 0.29) is 0 Å². The number of pyridine rings is 1. The second-order valence-corrected chi connectivity index (χ2v) is 4.46. The predicted octanol–water partition coefficient (Wildman–Crippen LogP) is 2.17. The molecule has 2 N–H and O–H groups in total. The lowest BCUT2D eigenvalue weighted by molar-refractivity contribution is 0.512. The van der Waals surface area contributed by atoms with Crippen LogP contribution < -0.4 is 10.6 Å². The zero-order valence-corrected chi connectivity index (χ0v) is 11.7. The van der Waals surface area contributed by atoms with E-state index >= 15 is 0 Å². The third kappa shape index (κ3) is 3.04. The van der Waals surface area contributed by atoms with Crippen LogP contribution in [0, 0.1) is 11.3 Å². The summed E-state index contributed by atoms with van der Waals surface area (Å²) >= 11 is 0. The van der Waals surface area contributed by atoms with Crippen molar-refractivity contribution in [1.29, 1.82) is 5.26 Å². The molecule has 0 saturated carbocycles. The summed E-state index contributed by atoms with van der Waals surface area (Å²) in [7, 11) is 0. The Morgan fingerprint density at radius 1 is 1.32 bits per heavy atom. The number of rotatable bonds is 3. The SMILES string of the molecule is N#CC(=C1C=CNC(=NCc2ccco2)N1)c1ccccn1. The highest BCUT2D eigenvalue weighted by molar-refractivity contribution is 5.89. The number of allylic oxidation sites excluding steroid dienone is 2. The number of nitrogens with zero attached hydrogens (tertiary/aromatic N) is 3. The van der Waals surface area contributed by atoms with Crippen molar-refractivity contribution in [2.75, 3.05) is 0 Å². The standard InChI is InChI=1S/C16H13N5O/c17-10-13(14-5-1-2-7-18-14)15-6-8-19-16(21-15)20-11-12-4-3-9-22-12/h1-9H,11H2,(H2,19,20,21). The normalized spacial score (nSPS) is 17.5. The molecule has 0 amide bonds. The molecule has 1 aliphatic rings. The monoisotopic (exact) mass is 291 g/mol. The summed E-state index contributed by atoms with van der Waals surface area (Å²) in [5.41, 5.74) is 1.73. The van der Waals surface area contributed by atoms with Gasteiger partial charge in [-0.2, -0.15) is 5.26 Å². The maximum atomic E-state index is 9.40. The number of aliphatic imine (C=N–C) groups is 1. The van der Waals surface area contributed by atoms with Crippen molar-refractivity contribution >= 4 is 11.5 Å². The molecule has 0 aliphatic carbocycles. The van der Waals surface area contributed by atoms with E-state index in [0.717, 1.165) is 5.76 Å². The molecule has 0 aromatic carbocycles. The van der Waals surface area contributed by atoms with E-state index in [1.807, 2.05) is 24.3 Å². The molecular weight excluding hydrogens is 278 g/mol. The van der Waals surface area contributed by atoms with Crippen LogP contribution in [0.1, 0.15) is 11.5 Å². The van der Waals surface area contributed by atoms with Gasteiger partial charge in [0.05, 0.1) is 17.7 Å². The fourth-order valence-corrected chi connectivity index (χ4v) is 1.97. The highest BCUT2D eigenvalue weighted by Gasteiger charge is 2.12. The van der Waals surface area contributed by atoms with Crippen LogP contribution in [0.5, 0.6) is 0 Å². The average molecular weight is 291 g/mol. The van der Waals surface area contributed by atoms with Crippen LogP contribution in [0.3, 0.4) is 0 Å². The Labute approximate surface area is 127 Å². The van der Waals surface area contributed by atoms with Gasteiger partial charge < -0.3 is 15.1 Å². The fraction of sp³-hybridized carbons (Fsp3) is 0.0625. The van der Waals surface area contributed by atoms with E-state index in [1.54, 1.807) is 30.8 Å². The Bertz CT molecular complexity index is 767. The molecule has 0 radical (unpaired) electrons. The van der Waals surface area contributed by atoms with Crippen molar-refractivity contribution in [1.82, 2.24) is 15.6 Å². The molecule has 3 rings (SSSR count). The van der Waals surface area contributed by atoms with Crippen LogP contribution in [0.15, 0.2) is 70.2 Å². The van der Waals surface area contributed by atoms with E-state index in [0.29, 0.717) is 29.5 Å². The number of furan rings is 1. The molecule has 2 aromatic rings. The van der Waals surface area contributed by atoms with Crippen molar-refractivity contribution in [3.05, 3.63) is 72.2 Å². The van der Waals surface area contributed by atoms with Crippen LogP contribution in [0.25, 0.3) is 5.57 Å². The Balaban J connectivity index is 1.84. The molecule has 0 fully saturated rings. The molecule has 6 heteroatoms. The maximum absolute atomic E-state index is 9.40. The molecule has 3 heterocycles. The van der Waals surface area contributed by atoms with E-state index in [4.69, 9.17) is 4.42 Å². The summed E-state index contributed by atoms with van der Waals surface area (Å²) in [6.07, 6.45) is 6.77. The average Bonchev–Trinajstić information content (AvgIpc) is 3.09. The number of hydrogen-bond acceptors (Lipinski definition) is 4. The van der Waals surface area contributed by atoms with Crippen molar-refractivity contribution in [2.45, 2.75) is 6.54 Å². The molecule has 6 nitrogen and oxygen atoms in total. The van der Waals surface area contributed by atoms with E-state index in [1.165, 1.54) is 0 Å². The zero-order chi connectivity index (χ0) is 15.2. The van der Waals surface area contributed by atoms with Crippen LogP contribution >= 0.6 is 0 Å². The first kappa shape index (κ1) is 13.6. The van der Waals surface area contributed by atoms with Gasteiger partial charge in [0.2, 0.25) is 0 Å². The van der Waals surface area contributed by atoms with E-state index in [9.17, 15) is 5.26 Å². The molecule has 108 valence electrons. The van der Waals surface area contributed by atoms with Crippen molar-refractivity contribution in [3.8, 4) is 6.07 Å². The quantitative estimate of drug-likeness (QED) is 0.846. The lowest BCUT2D eigenvalue weighted by Crippen LogP contribution is -2.37. The smallest absolute Gasteiger partial charge is 0.200 e. The van der Waals surface area contributed by atoms with Gasteiger partial charge >= 0.3 is 0 Å². The van der Waals surface area contributed by atoms with Gasteiger partial charge in [-0.1, -0.05) is 6.07 Å². The molecular formula is C16H13N5O. The van der Waals surface area contributed by atoms with Crippen LogP contribution in [0.4, 0.5) is 0 Å². The Morgan fingerprint density at radius 3 is 3.00 bits per heavy atom. The van der Waals surface area contributed by atoms with Gasteiger partial charge in [-0.15, -0.1) is 0 Å². The van der Waals surface area contributed by atoms with Gasteiger partial charge in [-0.05, 0) is 30.3 Å². The number of nitrogens with one attached hydrogen (secondary N) is 2. The molecule has 0 bridgehead atoms. The van der Waals surface area contributed by atoms with Gasteiger partial charge in [0.1, 0.15) is 23.9 Å². The summed E-state index contributed by atoms with van der Waals surface area (Å²) in [6, 6.07) is 11.3. The minimum Gasteiger partial charge on any atom is -0.467 e. The highest BCUT2D eigenvalue weighted by Crippen LogP contribution is 2.16. The number of hydrogen-bond donors (Lipinski definition) is 2. The number of nitriles is 1. The minimum absolute atomic E-state index is 0.412. The van der Waals surface area contributed by atoms with Crippen molar-refractivity contribution < 1.29 is 4.42 Å². The third-order valence-electron chi connectivity index (χ3n) is 3.00.